The van der Waals surface area contributed by atoms with Crippen LogP contribution in [0.2, 0.25) is 0 Å². The Morgan fingerprint density at radius 2 is 2.11 bits per heavy atom. The summed E-state index contributed by atoms with van der Waals surface area (Å²) < 4.78 is 5.21. The lowest BCUT2D eigenvalue weighted by atomic mass is 9.93. The molecule has 1 aromatic carbocycles. The van der Waals surface area contributed by atoms with Gasteiger partial charge in [-0.15, -0.1) is 0 Å². The second-order valence-electron chi connectivity index (χ2n) is 5.63. The van der Waals surface area contributed by atoms with Gasteiger partial charge >= 0.3 is 0 Å². The van der Waals surface area contributed by atoms with Crippen molar-refractivity contribution in [2.45, 2.75) is 38.5 Å². The summed E-state index contributed by atoms with van der Waals surface area (Å²) in [7, 11) is 0. The van der Waals surface area contributed by atoms with Gasteiger partial charge < -0.3 is 15.2 Å². The smallest absolute Gasteiger partial charge is 0.225 e. The minimum Gasteiger partial charge on any atom is -0.373 e. The molecule has 0 aromatic heterocycles. The van der Waals surface area contributed by atoms with Gasteiger partial charge in [0.25, 0.3) is 0 Å². The molecule has 1 heterocycles. The number of carbonyl (C=O) groups excluding carboxylic acids is 1. The number of hydrogen-bond acceptors (Lipinski definition) is 3. The quantitative estimate of drug-likeness (QED) is 0.603. The van der Waals surface area contributed by atoms with Crippen LogP contribution in [0.15, 0.2) is 30.3 Å². The molecule has 2 N–H and O–H groups in total. The van der Waals surface area contributed by atoms with Crippen LogP contribution in [0.3, 0.4) is 0 Å². The average Bonchev–Trinajstić information content (AvgIpc) is 3.11. The first-order valence-electron chi connectivity index (χ1n) is 6.64. The molecule has 19 heavy (non-hydrogen) atoms. The number of rotatable bonds is 6. The van der Waals surface area contributed by atoms with Crippen LogP contribution in [0.4, 0.5) is 0 Å². The zero-order valence-corrected chi connectivity index (χ0v) is 11.4. The highest BCUT2D eigenvalue weighted by Gasteiger charge is 2.32. The van der Waals surface area contributed by atoms with Crippen molar-refractivity contribution in [3.63, 3.8) is 0 Å². The molecular formula is C15H21NO3. The van der Waals surface area contributed by atoms with Crippen LogP contribution < -0.4 is 5.32 Å². The van der Waals surface area contributed by atoms with E-state index >= 15 is 0 Å². The summed E-state index contributed by atoms with van der Waals surface area (Å²) >= 11 is 0. The maximum atomic E-state index is 12.2. The number of epoxide rings is 1. The summed E-state index contributed by atoms with van der Waals surface area (Å²) in [5.41, 5.74) is -0.0600. The van der Waals surface area contributed by atoms with Crippen LogP contribution in [0, 0.1) is 5.92 Å². The largest absolute Gasteiger partial charge is 0.373 e. The van der Waals surface area contributed by atoms with E-state index in [1.54, 1.807) is 13.8 Å². The molecule has 0 bridgehead atoms. The fraction of sp³-hybridized carbons (Fsp3) is 0.533. The normalized spacial score (nSPS) is 19.8. The summed E-state index contributed by atoms with van der Waals surface area (Å²) in [5, 5.41) is 12.3. The van der Waals surface area contributed by atoms with Crippen LogP contribution in [-0.4, -0.2) is 29.4 Å². The summed E-state index contributed by atoms with van der Waals surface area (Å²) in [4.78, 5) is 12.2. The Bertz CT molecular complexity index is 421. The molecule has 4 heteroatoms. The second kappa shape index (κ2) is 5.72. The van der Waals surface area contributed by atoms with E-state index in [1.165, 1.54) is 0 Å². The van der Waals surface area contributed by atoms with Gasteiger partial charge in [-0.25, -0.2) is 0 Å². The first-order valence-corrected chi connectivity index (χ1v) is 6.64. The van der Waals surface area contributed by atoms with Crippen LogP contribution in [0.1, 0.15) is 25.8 Å². The van der Waals surface area contributed by atoms with Crippen LogP contribution in [-0.2, 0) is 16.0 Å². The highest BCUT2D eigenvalue weighted by Crippen LogP contribution is 2.23. The molecule has 0 spiro atoms. The topological polar surface area (TPSA) is 61.9 Å². The third kappa shape index (κ3) is 5.01. The minimum atomic E-state index is -1.18. The standard InChI is InChI=1S/C15H21NO3/c1-15(2,18)16-14(17)12(9-13-10-19-13)8-11-6-4-3-5-7-11/h3-7,12-13,18H,8-10H2,1-2H3,(H,16,17)/t12-,13+/m1/s1. The molecule has 4 nitrogen and oxygen atoms in total. The molecule has 1 aliphatic rings. The number of hydrogen-bond donors (Lipinski definition) is 2. The number of ether oxygens (including phenoxy) is 1. The van der Waals surface area contributed by atoms with E-state index < -0.39 is 5.72 Å². The fourth-order valence-corrected chi connectivity index (χ4v) is 2.11. The molecule has 0 radical (unpaired) electrons. The van der Waals surface area contributed by atoms with Crippen molar-refractivity contribution < 1.29 is 14.6 Å². The van der Waals surface area contributed by atoms with Gasteiger partial charge in [0.1, 0.15) is 5.72 Å². The number of nitrogens with one attached hydrogen (secondary N) is 1. The van der Waals surface area contributed by atoms with Gasteiger partial charge in [0.05, 0.1) is 12.7 Å². The number of carbonyl (C=O) groups is 1. The van der Waals surface area contributed by atoms with Gasteiger partial charge in [-0.05, 0) is 32.3 Å². The fourth-order valence-electron chi connectivity index (χ4n) is 2.11. The van der Waals surface area contributed by atoms with Crippen LogP contribution in [0.25, 0.3) is 0 Å². The third-order valence-corrected chi connectivity index (χ3v) is 3.07. The van der Waals surface area contributed by atoms with E-state index in [4.69, 9.17) is 4.74 Å². The zero-order chi connectivity index (χ0) is 13.9. The van der Waals surface area contributed by atoms with Gasteiger partial charge in [-0.3, -0.25) is 4.79 Å². The second-order valence-corrected chi connectivity index (χ2v) is 5.63. The van der Waals surface area contributed by atoms with Gasteiger partial charge in [0.15, 0.2) is 0 Å². The van der Waals surface area contributed by atoms with Crippen molar-refractivity contribution in [2.75, 3.05) is 6.61 Å². The lowest BCUT2D eigenvalue weighted by molar-refractivity contribution is -0.131. The van der Waals surface area contributed by atoms with Crippen molar-refractivity contribution in [1.29, 1.82) is 0 Å². The van der Waals surface area contributed by atoms with Gasteiger partial charge in [0.2, 0.25) is 5.91 Å². The molecule has 0 saturated carbocycles. The highest BCUT2D eigenvalue weighted by molar-refractivity contribution is 5.79. The summed E-state index contributed by atoms with van der Waals surface area (Å²) in [6.45, 7) is 3.87. The van der Waals surface area contributed by atoms with Crippen molar-refractivity contribution >= 4 is 5.91 Å². The molecular weight excluding hydrogens is 242 g/mol. The summed E-state index contributed by atoms with van der Waals surface area (Å²) in [6, 6.07) is 9.91. The number of aliphatic hydroxyl groups is 1. The van der Waals surface area contributed by atoms with E-state index in [-0.39, 0.29) is 17.9 Å². The molecule has 1 saturated heterocycles. The summed E-state index contributed by atoms with van der Waals surface area (Å²) in [5.74, 6) is -0.284. The van der Waals surface area contributed by atoms with Gasteiger partial charge in [-0.2, -0.15) is 0 Å². The Labute approximate surface area is 113 Å². The van der Waals surface area contributed by atoms with Crippen molar-refractivity contribution in [3.05, 3.63) is 35.9 Å². The van der Waals surface area contributed by atoms with E-state index in [1.807, 2.05) is 30.3 Å². The maximum Gasteiger partial charge on any atom is 0.225 e. The van der Waals surface area contributed by atoms with Crippen molar-refractivity contribution in [1.82, 2.24) is 5.32 Å². The molecule has 1 fully saturated rings. The molecule has 1 amide bonds. The maximum absolute atomic E-state index is 12.2. The van der Waals surface area contributed by atoms with E-state index in [2.05, 4.69) is 5.32 Å². The number of amides is 1. The predicted molar refractivity (Wildman–Crippen MR) is 72.4 cm³/mol. The minimum absolute atomic E-state index is 0.119. The molecule has 1 aliphatic heterocycles. The third-order valence-electron chi connectivity index (χ3n) is 3.07. The zero-order valence-electron chi connectivity index (χ0n) is 11.4. The van der Waals surface area contributed by atoms with E-state index in [9.17, 15) is 9.90 Å². The lowest BCUT2D eigenvalue weighted by Crippen LogP contribution is -2.46. The van der Waals surface area contributed by atoms with E-state index in [0.29, 0.717) is 12.8 Å². The lowest BCUT2D eigenvalue weighted by Gasteiger charge is -2.23. The Balaban J connectivity index is 2.00. The SMILES string of the molecule is CC(C)(O)NC(=O)[C@H](Cc1ccccc1)C[C@H]1CO1. The molecule has 104 valence electrons. The Kier molecular flexibility index (Phi) is 4.22. The first-order chi connectivity index (χ1) is 8.94. The monoisotopic (exact) mass is 263 g/mol. The van der Waals surface area contributed by atoms with Gasteiger partial charge in [-0.1, -0.05) is 30.3 Å². The molecule has 2 atom stereocenters. The Hall–Kier alpha value is -1.39. The van der Waals surface area contributed by atoms with Gasteiger partial charge in [0, 0.05) is 5.92 Å². The molecule has 0 aliphatic carbocycles. The van der Waals surface area contributed by atoms with Crippen LogP contribution >= 0.6 is 0 Å². The van der Waals surface area contributed by atoms with Crippen molar-refractivity contribution in [3.8, 4) is 0 Å². The number of benzene rings is 1. The Morgan fingerprint density at radius 1 is 1.47 bits per heavy atom. The highest BCUT2D eigenvalue weighted by atomic mass is 16.6. The molecule has 0 unspecified atom stereocenters. The van der Waals surface area contributed by atoms with E-state index in [0.717, 1.165) is 12.2 Å². The predicted octanol–water partition coefficient (Wildman–Crippen LogP) is 1.48. The first kappa shape index (κ1) is 14.0. The van der Waals surface area contributed by atoms with Crippen LogP contribution in [0.5, 0.6) is 0 Å². The average molecular weight is 263 g/mol. The molecule has 2 rings (SSSR count). The summed E-state index contributed by atoms with van der Waals surface area (Å²) in [6.07, 6.45) is 1.57. The van der Waals surface area contributed by atoms with Crippen molar-refractivity contribution in [2.24, 2.45) is 5.92 Å². The Morgan fingerprint density at radius 3 is 2.63 bits per heavy atom. The molecule has 1 aromatic rings.